The van der Waals surface area contributed by atoms with Crippen LogP contribution < -0.4 is 0 Å². The van der Waals surface area contributed by atoms with Gasteiger partial charge in [0.15, 0.2) is 6.10 Å². The summed E-state index contributed by atoms with van der Waals surface area (Å²) in [6.07, 6.45) is -1.85. The zero-order valence-electron chi connectivity index (χ0n) is 6.67. The van der Waals surface area contributed by atoms with E-state index in [1.807, 2.05) is 0 Å². The van der Waals surface area contributed by atoms with Gasteiger partial charge in [-0.3, -0.25) is 0 Å². The first-order valence-corrected chi connectivity index (χ1v) is 5.07. The maximum absolute atomic E-state index is 13.2. The molecule has 0 aliphatic heterocycles. The van der Waals surface area contributed by atoms with Crippen LogP contribution in [0.4, 0.5) is 4.39 Å². The molecule has 0 aliphatic carbocycles. The maximum atomic E-state index is 13.2. The van der Waals surface area contributed by atoms with Gasteiger partial charge in [-0.05, 0) is 44.0 Å². The summed E-state index contributed by atoms with van der Waals surface area (Å²) < 4.78 is 14.1. The van der Waals surface area contributed by atoms with E-state index in [1.165, 1.54) is 6.07 Å². The molecule has 1 unspecified atom stereocenters. The lowest BCUT2D eigenvalue weighted by Gasteiger charge is -2.08. The van der Waals surface area contributed by atoms with Gasteiger partial charge in [-0.25, -0.2) is 9.18 Å². The Morgan fingerprint density at radius 2 is 1.86 bits per heavy atom. The highest BCUT2D eigenvalue weighted by Crippen LogP contribution is 2.29. The Morgan fingerprint density at radius 3 is 2.36 bits per heavy atom. The molecule has 0 bridgehead atoms. The molecule has 0 amide bonds. The number of aliphatic hydroxyl groups is 1. The van der Waals surface area contributed by atoms with Crippen LogP contribution in [0.5, 0.6) is 0 Å². The van der Waals surface area contributed by atoms with E-state index >= 15 is 0 Å². The van der Waals surface area contributed by atoms with Crippen LogP contribution in [0.3, 0.4) is 0 Å². The van der Waals surface area contributed by atoms with E-state index in [4.69, 9.17) is 10.2 Å². The second-order valence-corrected chi connectivity index (χ2v) is 4.24. The Hall–Kier alpha value is -0.460. The first-order valence-electron chi connectivity index (χ1n) is 3.48. The molecule has 2 N–H and O–H groups in total. The summed E-state index contributed by atoms with van der Waals surface area (Å²) >= 11 is 6.13. The number of hydrogen-bond donors (Lipinski definition) is 2. The number of aliphatic hydroxyl groups excluding tert-OH is 1. The van der Waals surface area contributed by atoms with Crippen LogP contribution in [0, 0.1) is 5.82 Å². The average Bonchev–Trinajstić information content (AvgIpc) is 2.10. The monoisotopic (exact) mass is 326 g/mol. The van der Waals surface area contributed by atoms with E-state index in [2.05, 4.69) is 31.9 Å². The van der Waals surface area contributed by atoms with Gasteiger partial charge in [0.1, 0.15) is 5.82 Å². The molecular weight excluding hydrogens is 323 g/mol. The van der Waals surface area contributed by atoms with Gasteiger partial charge in [0, 0.05) is 14.5 Å². The van der Waals surface area contributed by atoms with E-state index in [0.717, 1.165) is 6.07 Å². The van der Waals surface area contributed by atoms with Crippen molar-refractivity contribution in [3.05, 3.63) is 32.5 Å². The predicted octanol–water partition coefficient (Wildman–Crippen LogP) is 2.47. The fraction of sp³-hybridized carbons (Fsp3) is 0.125. The van der Waals surface area contributed by atoms with Crippen molar-refractivity contribution in [2.75, 3.05) is 0 Å². The van der Waals surface area contributed by atoms with Crippen LogP contribution in [0.2, 0.25) is 0 Å². The minimum Gasteiger partial charge on any atom is -0.479 e. The van der Waals surface area contributed by atoms with Gasteiger partial charge >= 0.3 is 5.97 Å². The highest BCUT2D eigenvalue weighted by molar-refractivity contribution is 9.13. The van der Waals surface area contributed by atoms with Crippen molar-refractivity contribution >= 4 is 37.8 Å². The topological polar surface area (TPSA) is 57.5 Å². The van der Waals surface area contributed by atoms with E-state index in [1.54, 1.807) is 0 Å². The number of halogens is 3. The molecule has 3 nitrogen and oxygen atoms in total. The van der Waals surface area contributed by atoms with Gasteiger partial charge in [-0.2, -0.15) is 0 Å². The number of carbonyl (C=O) groups is 1. The number of carboxylic acid groups (broad SMARTS) is 1. The van der Waals surface area contributed by atoms with Gasteiger partial charge in [-0.1, -0.05) is 0 Å². The Labute approximate surface area is 95.8 Å². The van der Waals surface area contributed by atoms with Crippen LogP contribution in [-0.4, -0.2) is 16.2 Å². The molecule has 0 heterocycles. The number of rotatable bonds is 2. The molecule has 76 valence electrons. The normalized spacial score (nSPS) is 12.6. The van der Waals surface area contributed by atoms with Crippen LogP contribution in [0.15, 0.2) is 21.1 Å². The van der Waals surface area contributed by atoms with Crippen molar-refractivity contribution in [3.8, 4) is 0 Å². The molecule has 1 aromatic carbocycles. The van der Waals surface area contributed by atoms with Crippen molar-refractivity contribution in [2.24, 2.45) is 0 Å². The van der Waals surface area contributed by atoms with E-state index < -0.39 is 17.9 Å². The summed E-state index contributed by atoms with van der Waals surface area (Å²) in [6, 6.07) is 2.31. The van der Waals surface area contributed by atoms with Gasteiger partial charge in [0.05, 0.1) is 0 Å². The Kier molecular flexibility index (Phi) is 3.63. The summed E-state index contributed by atoms with van der Waals surface area (Å²) in [6.45, 7) is 0. The zero-order valence-corrected chi connectivity index (χ0v) is 9.84. The number of hydrogen-bond acceptors (Lipinski definition) is 2. The highest BCUT2D eigenvalue weighted by atomic mass is 79.9. The lowest BCUT2D eigenvalue weighted by atomic mass is 10.1. The predicted molar refractivity (Wildman–Crippen MR) is 54.4 cm³/mol. The fourth-order valence-corrected chi connectivity index (χ4v) is 1.56. The number of aliphatic carboxylic acids is 1. The van der Waals surface area contributed by atoms with Crippen molar-refractivity contribution < 1.29 is 19.4 Å². The quantitative estimate of drug-likeness (QED) is 0.820. The highest BCUT2D eigenvalue weighted by Gasteiger charge is 2.21. The summed E-state index contributed by atoms with van der Waals surface area (Å²) in [4.78, 5) is 10.4. The zero-order chi connectivity index (χ0) is 10.9. The van der Waals surface area contributed by atoms with Gasteiger partial charge in [0.25, 0.3) is 0 Å². The van der Waals surface area contributed by atoms with E-state index in [-0.39, 0.29) is 5.56 Å². The van der Waals surface area contributed by atoms with Crippen LogP contribution in [-0.2, 0) is 4.79 Å². The SMILES string of the molecule is O=C(O)C(O)c1cc(Br)c(Br)cc1F. The molecule has 1 rings (SSSR count). The molecule has 0 saturated heterocycles. The summed E-state index contributed by atoms with van der Waals surface area (Å²) in [7, 11) is 0. The van der Waals surface area contributed by atoms with E-state index in [0.29, 0.717) is 8.95 Å². The molecule has 0 radical (unpaired) electrons. The number of carboxylic acids is 1. The average molecular weight is 328 g/mol. The lowest BCUT2D eigenvalue weighted by Crippen LogP contribution is -2.12. The molecule has 14 heavy (non-hydrogen) atoms. The maximum Gasteiger partial charge on any atom is 0.337 e. The largest absolute Gasteiger partial charge is 0.479 e. The summed E-state index contributed by atoms with van der Waals surface area (Å²) in [5.74, 6) is -2.26. The van der Waals surface area contributed by atoms with Crippen molar-refractivity contribution in [1.29, 1.82) is 0 Å². The van der Waals surface area contributed by atoms with Gasteiger partial charge in [-0.15, -0.1) is 0 Å². The Morgan fingerprint density at radius 1 is 1.36 bits per heavy atom. The summed E-state index contributed by atoms with van der Waals surface area (Å²) in [5, 5.41) is 17.6. The molecule has 0 saturated carbocycles. The Balaban J connectivity index is 3.22. The van der Waals surface area contributed by atoms with Crippen molar-refractivity contribution in [2.45, 2.75) is 6.10 Å². The third kappa shape index (κ3) is 2.31. The first kappa shape index (κ1) is 11.6. The molecule has 1 atom stereocenters. The molecule has 0 fully saturated rings. The summed E-state index contributed by atoms with van der Waals surface area (Å²) in [5.41, 5.74) is -0.271. The van der Waals surface area contributed by atoms with Crippen LogP contribution >= 0.6 is 31.9 Å². The molecular formula is C8H5Br2FO3. The molecule has 1 aromatic rings. The van der Waals surface area contributed by atoms with Gasteiger partial charge in [0.2, 0.25) is 0 Å². The second-order valence-electron chi connectivity index (χ2n) is 2.53. The van der Waals surface area contributed by atoms with Crippen molar-refractivity contribution in [1.82, 2.24) is 0 Å². The van der Waals surface area contributed by atoms with Crippen LogP contribution in [0.1, 0.15) is 11.7 Å². The minimum absolute atomic E-state index is 0.271. The van der Waals surface area contributed by atoms with Gasteiger partial charge < -0.3 is 10.2 Å². The molecule has 6 heteroatoms. The Bertz CT molecular complexity index is 381. The third-order valence-corrected chi connectivity index (χ3v) is 3.41. The van der Waals surface area contributed by atoms with Crippen molar-refractivity contribution in [3.63, 3.8) is 0 Å². The molecule has 0 aromatic heterocycles. The van der Waals surface area contributed by atoms with Crippen LogP contribution in [0.25, 0.3) is 0 Å². The smallest absolute Gasteiger partial charge is 0.337 e. The van der Waals surface area contributed by atoms with E-state index in [9.17, 15) is 9.18 Å². The second kappa shape index (κ2) is 4.37. The minimum atomic E-state index is -1.85. The standard InChI is InChI=1S/C8H5Br2FO3/c9-4-1-3(7(12)8(13)14)6(11)2-5(4)10/h1-2,7,12H,(H,13,14). The molecule has 0 aliphatic rings. The third-order valence-electron chi connectivity index (χ3n) is 1.57. The molecule has 0 spiro atoms. The fourth-order valence-electron chi connectivity index (χ4n) is 0.881. The first-order chi connectivity index (χ1) is 6.43. The number of benzene rings is 1. The lowest BCUT2D eigenvalue weighted by molar-refractivity contribution is -0.147.